The number of anilines is 1. The van der Waals surface area contributed by atoms with Crippen molar-refractivity contribution >= 4 is 5.69 Å². The third-order valence-electron chi connectivity index (χ3n) is 3.27. The molecule has 2 rings (SSSR count). The lowest BCUT2D eigenvalue weighted by molar-refractivity contribution is -0.137. The molecule has 0 amide bonds. The highest BCUT2D eigenvalue weighted by Gasteiger charge is 2.30. The SMILES string of the molecule is Cc1cc(F)ccc1NC(C)c1cccc(C(F)(F)F)c1. The van der Waals surface area contributed by atoms with Crippen LogP contribution in [0, 0.1) is 12.7 Å². The lowest BCUT2D eigenvalue weighted by Gasteiger charge is -2.18. The second kappa shape index (κ2) is 5.76. The van der Waals surface area contributed by atoms with Gasteiger partial charge in [-0.05, 0) is 55.3 Å². The summed E-state index contributed by atoms with van der Waals surface area (Å²) < 4.78 is 51.2. The fourth-order valence-electron chi connectivity index (χ4n) is 2.09. The molecule has 0 radical (unpaired) electrons. The van der Waals surface area contributed by atoms with Crippen molar-refractivity contribution in [2.45, 2.75) is 26.1 Å². The molecule has 0 heterocycles. The molecule has 1 unspecified atom stereocenters. The van der Waals surface area contributed by atoms with Crippen LogP contribution >= 0.6 is 0 Å². The minimum Gasteiger partial charge on any atom is -0.378 e. The Morgan fingerprint density at radius 3 is 2.38 bits per heavy atom. The molecule has 1 nitrogen and oxygen atoms in total. The Morgan fingerprint density at radius 1 is 1.05 bits per heavy atom. The van der Waals surface area contributed by atoms with Crippen LogP contribution in [-0.4, -0.2) is 0 Å². The molecule has 1 atom stereocenters. The first-order valence-corrected chi connectivity index (χ1v) is 6.47. The van der Waals surface area contributed by atoms with Crippen LogP contribution in [-0.2, 0) is 6.18 Å². The van der Waals surface area contributed by atoms with Crippen LogP contribution < -0.4 is 5.32 Å². The van der Waals surface area contributed by atoms with E-state index >= 15 is 0 Å². The van der Waals surface area contributed by atoms with Crippen LogP contribution in [0.1, 0.15) is 29.7 Å². The van der Waals surface area contributed by atoms with E-state index in [2.05, 4.69) is 5.32 Å². The number of hydrogen-bond donors (Lipinski definition) is 1. The number of alkyl halides is 3. The highest BCUT2D eigenvalue weighted by atomic mass is 19.4. The van der Waals surface area contributed by atoms with Crippen LogP contribution in [0.3, 0.4) is 0 Å². The molecule has 2 aromatic rings. The summed E-state index contributed by atoms with van der Waals surface area (Å²) in [4.78, 5) is 0. The van der Waals surface area contributed by atoms with Gasteiger partial charge in [-0.15, -0.1) is 0 Å². The molecular weight excluding hydrogens is 282 g/mol. The zero-order chi connectivity index (χ0) is 15.6. The zero-order valence-corrected chi connectivity index (χ0v) is 11.6. The molecule has 0 aliphatic carbocycles. The molecule has 112 valence electrons. The van der Waals surface area contributed by atoms with E-state index in [9.17, 15) is 17.6 Å². The molecule has 0 aliphatic rings. The van der Waals surface area contributed by atoms with Gasteiger partial charge in [-0.1, -0.05) is 12.1 Å². The van der Waals surface area contributed by atoms with Gasteiger partial charge < -0.3 is 5.32 Å². The van der Waals surface area contributed by atoms with Crippen molar-refractivity contribution in [2.75, 3.05) is 5.32 Å². The van der Waals surface area contributed by atoms with Gasteiger partial charge >= 0.3 is 6.18 Å². The van der Waals surface area contributed by atoms with Gasteiger partial charge in [-0.2, -0.15) is 13.2 Å². The van der Waals surface area contributed by atoms with E-state index < -0.39 is 11.7 Å². The summed E-state index contributed by atoms with van der Waals surface area (Å²) in [5.74, 6) is -0.343. The fraction of sp³-hybridized carbons (Fsp3) is 0.250. The van der Waals surface area contributed by atoms with Crippen molar-refractivity contribution in [2.24, 2.45) is 0 Å². The van der Waals surface area contributed by atoms with E-state index in [0.29, 0.717) is 16.8 Å². The predicted molar refractivity (Wildman–Crippen MR) is 74.6 cm³/mol. The van der Waals surface area contributed by atoms with Crippen molar-refractivity contribution in [1.82, 2.24) is 0 Å². The highest BCUT2D eigenvalue weighted by Crippen LogP contribution is 2.31. The van der Waals surface area contributed by atoms with Crippen LogP contribution in [0.4, 0.5) is 23.2 Å². The summed E-state index contributed by atoms with van der Waals surface area (Å²) in [5.41, 5.74) is 1.24. The average molecular weight is 297 g/mol. The summed E-state index contributed by atoms with van der Waals surface area (Å²) in [6.45, 7) is 3.50. The van der Waals surface area contributed by atoms with Gasteiger partial charge in [0.2, 0.25) is 0 Å². The van der Waals surface area contributed by atoms with Crippen molar-refractivity contribution in [3.8, 4) is 0 Å². The maximum Gasteiger partial charge on any atom is 0.416 e. The highest BCUT2D eigenvalue weighted by molar-refractivity contribution is 5.52. The third kappa shape index (κ3) is 3.74. The van der Waals surface area contributed by atoms with Gasteiger partial charge in [-0.25, -0.2) is 4.39 Å². The Labute approximate surface area is 120 Å². The Kier molecular flexibility index (Phi) is 4.21. The van der Waals surface area contributed by atoms with Gasteiger partial charge in [0.15, 0.2) is 0 Å². The summed E-state index contributed by atoms with van der Waals surface area (Å²) in [5, 5.41) is 3.10. The van der Waals surface area contributed by atoms with Crippen LogP contribution in [0.5, 0.6) is 0 Å². The van der Waals surface area contributed by atoms with Gasteiger partial charge in [0, 0.05) is 11.7 Å². The Balaban J connectivity index is 2.22. The molecule has 0 fully saturated rings. The maximum atomic E-state index is 13.0. The average Bonchev–Trinajstić information content (AvgIpc) is 2.41. The predicted octanol–water partition coefficient (Wildman–Crippen LogP) is 5.33. The minimum atomic E-state index is -4.36. The molecule has 0 aromatic heterocycles. The first-order chi connectivity index (χ1) is 9.77. The number of benzene rings is 2. The minimum absolute atomic E-state index is 0.323. The van der Waals surface area contributed by atoms with E-state index in [1.165, 1.54) is 18.2 Å². The Morgan fingerprint density at radius 2 is 1.76 bits per heavy atom. The number of hydrogen-bond acceptors (Lipinski definition) is 1. The molecule has 5 heteroatoms. The molecular formula is C16H15F4N. The molecule has 21 heavy (non-hydrogen) atoms. The van der Waals surface area contributed by atoms with Crippen molar-refractivity contribution in [3.05, 3.63) is 65.0 Å². The van der Waals surface area contributed by atoms with E-state index in [-0.39, 0.29) is 11.9 Å². The molecule has 0 bridgehead atoms. The first kappa shape index (κ1) is 15.4. The standard InChI is InChI=1S/C16H15F4N/c1-10-8-14(17)6-7-15(10)21-11(2)12-4-3-5-13(9-12)16(18,19)20/h3-9,11,21H,1-2H3. The third-order valence-corrected chi connectivity index (χ3v) is 3.27. The number of nitrogens with one attached hydrogen (secondary N) is 1. The van der Waals surface area contributed by atoms with E-state index in [0.717, 1.165) is 12.1 Å². The summed E-state index contributed by atoms with van der Waals surface area (Å²) >= 11 is 0. The molecule has 0 spiro atoms. The first-order valence-electron chi connectivity index (χ1n) is 6.47. The molecule has 0 aliphatic heterocycles. The van der Waals surface area contributed by atoms with E-state index in [1.54, 1.807) is 26.0 Å². The lowest BCUT2D eigenvalue weighted by atomic mass is 10.0. The molecule has 2 aromatic carbocycles. The van der Waals surface area contributed by atoms with Gasteiger partial charge in [-0.3, -0.25) is 0 Å². The topological polar surface area (TPSA) is 12.0 Å². The van der Waals surface area contributed by atoms with Gasteiger partial charge in [0.05, 0.1) is 5.56 Å². The van der Waals surface area contributed by atoms with E-state index in [1.807, 2.05) is 0 Å². The summed E-state index contributed by atoms with van der Waals surface area (Å²) in [6.07, 6.45) is -4.36. The Bertz CT molecular complexity index is 634. The smallest absolute Gasteiger partial charge is 0.378 e. The van der Waals surface area contributed by atoms with Gasteiger partial charge in [0.25, 0.3) is 0 Å². The number of halogens is 4. The van der Waals surface area contributed by atoms with Gasteiger partial charge in [0.1, 0.15) is 5.82 Å². The van der Waals surface area contributed by atoms with Crippen LogP contribution in [0.25, 0.3) is 0 Å². The van der Waals surface area contributed by atoms with Crippen LogP contribution in [0.2, 0.25) is 0 Å². The maximum absolute atomic E-state index is 13.0. The van der Waals surface area contributed by atoms with E-state index in [4.69, 9.17) is 0 Å². The van der Waals surface area contributed by atoms with Crippen molar-refractivity contribution in [3.63, 3.8) is 0 Å². The van der Waals surface area contributed by atoms with Crippen molar-refractivity contribution < 1.29 is 17.6 Å². The molecule has 0 saturated heterocycles. The second-order valence-electron chi connectivity index (χ2n) is 4.95. The molecule has 1 N–H and O–H groups in total. The number of aryl methyl sites for hydroxylation is 1. The molecule has 0 saturated carbocycles. The number of rotatable bonds is 3. The quantitative estimate of drug-likeness (QED) is 0.755. The van der Waals surface area contributed by atoms with Crippen LogP contribution in [0.15, 0.2) is 42.5 Å². The summed E-state index contributed by atoms with van der Waals surface area (Å²) in [6, 6.07) is 9.12. The second-order valence-corrected chi connectivity index (χ2v) is 4.95. The fourth-order valence-corrected chi connectivity index (χ4v) is 2.09. The zero-order valence-electron chi connectivity index (χ0n) is 11.6. The summed E-state index contributed by atoms with van der Waals surface area (Å²) in [7, 11) is 0. The largest absolute Gasteiger partial charge is 0.416 e. The van der Waals surface area contributed by atoms with Crippen molar-refractivity contribution in [1.29, 1.82) is 0 Å². The normalized spacial score (nSPS) is 13.0. The lowest BCUT2D eigenvalue weighted by Crippen LogP contribution is -2.10. The Hall–Kier alpha value is -2.04. The monoisotopic (exact) mass is 297 g/mol.